The minimum absolute atomic E-state index is 0.0142. The summed E-state index contributed by atoms with van der Waals surface area (Å²) in [6.45, 7) is 6.37. The summed E-state index contributed by atoms with van der Waals surface area (Å²) in [7, 11) is 0. The first-order valence-corrected chi connectivity index (χ1v) is 14.8. The summed E-state index contributed by atoms with van der Waals surface area (Å²) in [5.74, 6) is -7.20. The summed E-state index contributed by atoms with van der Waals surface area (Å²) in [5.41, 5.74) is 2.50. The van der Waals surface area contributed by atoms with Crippen LogP contribution in [0.15, 0.2) is 36.4 Å². The largest absolute Gasteiger partial charge is 0.480 e. The van der Waals surface area contributed by atoms with Crippen LogP contribution in [0.5, 0.6) is 0 Å². The number of carboxylic acids is 1. The Bertz CT molecular complexity index is 1480. The van der Waals surface area contributed by atoms with E-state index in [4.69, 9.17) is 38.4 Å². The van der Waals surface area contributed by atoms with E-state index in [-0.39, 0.29) is 47.2 Å². The van der Waals surface area contributed by atoms with E-state index in [0.717, 1.165) is 6.07 Å². The molecule has 2 saturated heterocycles. The van der Waals surface area contributed by atoms with Crippen LogP contribution in [0.1, 0.15) is 57.6 Å². The highest BCUT2D eigenvalue weighted by molar-refractivity contribution is 6.31. The zero-order valence-corrected chi connectivity index (χ0v) is 26.2. The molecule has 4 rings (SSSR count). The SMILES string of the molecule is CC(C)(CCO)C[C@@H]1N(C(C(N)=O)[C@H]2COC(C)(C)O2)[C@@H](C(=O)O)[C@H](c2cccc(Cl)c2F)[C@@]1(C#N)c1ccc(Cl)cc1F. The van der Waals surface area contributed by atoms with E-state index >= 15 is 8.78 Å². The number of likely N-dealkylation sites (tertiary alicyclic amines) is 1. The number of ether oxygens (including phenoxy) is 2. The lowest BCUT2D eigenvalue weighted by Gasteiger charge is -2.43. The Balaban J connectivity index is 2.15. The van der Waals surface area contributed by atoms with Gasteiger partial charge in [0.15, 0.2) is 5.79 Å². The molecule has 2 fully saturated rings. The Morgan fingerprint density at radius 3 is 2.45 bits per heavy atom. The molecule has 0 radical (unpaired) electrons. The number of aliphatic carboxylic acids is 1. The number of nitrogens with zero attached hydrogens (tertiary/aromatic N) is 2. The number of carbonyl (C=O) groups is 2. The lowest BCUT2D eigenvalue weighted by atomic mass is 9.62. The number of carbonyl (C=O) groups excluding carboxylic acids is 1. The van der Waals surface area contributed by atoms with Crippen molar-refractivity contribution in [2.75, 3.05) is 13.2 Å². The Morgan fingerprint density at radius 1 is 1.25 bits per heavy atom. The quantitative estimate of drug-likeness (QED) is 0.333. The molecule has 13 heteroatoms. The molecule has 0 spiro atoms. The fourth-order valence-electron chi connectivity index (χ4n) is 6.83. The second kappa shape index (κ2) is 12.5. The number of hydrogen-bond acceptors (Lipinski definition) is 7. The third-order valence-corrected chi connectivity index (χ3v) is 9.20. The zero-order chi connectivity index (χ0) is 32.8. The van der Waals surface area contributed by atoms with Crippen LogP contribution in [0.3, 0.4) is 0 Å². The van der Waals surface area contributed by atoms with Crippen LogP contribution in [0, 0.1) is 28.4 Å². The average Bonchev–Trinajstić information content (AvgIpc) is 3.40. The number of aliphatic hydroxyl groups is 1. The Morgan fingerprint density at radius 2 is 1.93 bits per heavy atom. The van der Waals surface area contributed by atoms with Gasteiger partial charge >= 0.3 is 5.97 Å². The van der Waals surface area contributed by atoms with Crippen LogP contribution in [0.25, 0.3) is 0 Å². The van der Waals surface area contributed by atoms with Gasteiger partial charge in [0.1, 0.15) is 35.2 Å². The molecule has 6 atom stereocenters. The molecule has 44 heavy (non-hydrogen) atoms. The molecule has 9 nitrogen and oxygen atoms in total. The third-order valence-electron chi connectivity index (χ3n) is 8.67. The Hall–Kier alpha value is -2.85. The number of benzene rings is 2. The van der Waals surface area contributed by atoms with Gasteiger partial charge in [-0.15, -0.1) is 0 Å². The molecule has 2 aliphatic heterocycles. The van der Waals surface area contributed by atoms with Crippen LogP contribution in [-0.4, -0.2) is 70.2 Å². The molecular weight excluding hydrogens is 619 g/mol. The van der Waals surface area contributed by atoms with Crippen molar-refractivity contribution in [3.8, 4) is 6.07 Å². The molecule has 2 heterocycles. The number of carboxylic acid groups (broad SMARTS) is 1. The first-order valence-electron chi connectivity index (χ1n) is 14.0. The van der Waals surface area contributed by atoms with Crippen molar-refractivity contribution in [1.82, 2.24) is 4.90 Å². The highest BCUT2D eigenvalue weighted by atomic mass is 35.5. The van der Waals surface area contributed by atoms with Gasteiger partial charge in [0, 0.05) is 29.2 Å². The van der Waals surface area contributed by atoms with Gasteiger partial charge in [0.2, 0.25) is 5.91 Å². The molecule has 1 amide bonds. The number of rotatable bonds is 10. The fourth-order valence-corrected chi connectivity index (χ4v) is 7.18. The molecule has 0 aromatic heterocycles. The zero-order valence-electron chi connectivity index (χ0n) is 24.7. The third kappa shape index (κ3) is 6.04. The van der Waals surface area contributed by atoms with Crippen molar-refractivity contribution in [3.63, 3.8) is 0 Å². The van der Waals surface area contributed by atoms with Crippen LogP contribution in [0.4, 0.5) is 8.78 Å². The first-order chi connectivity index (χ1) is 20.5. The second-order valence-corrected chi connectivity index (χ2v) is 13.4. The van der Waals surface area contributed by atoms with Gasteiger partial charge in [-0.1, -0.05) is 55.2 Å². The fraction of sp³-hybridized carbons (Fsp3) is 0.516. The smallest absolute Gasteiger partial charge is 0.321 e. The van der Waals surface area contributed by atoms with E-state index in [1.54, 1.807) is 27.7 Å². The molecule has 0 bridgehead atoms. The monoisotopic (exact) mass is 653 g/mol. The second-order valence-electron chi connectivity index (χ2n) is 12.5. The molecule has 0 saturated carbocycles. The van der Waals surface area contributed by atoms with Gasteiger partial charge in [0.05, 0.1) is 17.7 Å². The summed E-state index contributed by atoms with van der Waals surface area (Å²) in [4.78, 5) is 28.0. The molecule has 1 unspecified atom stereocenters. The number of nitrogens with two attached hydrogens (primary N) is 1. The minimum atomic E-state index is -2.15. The minimum Gasteiger partial charge on any atom is -0.480 e. The normalized spacial score (nSPS) is 27.6. The van der Waals surface area contributed by atoms with E-state index in [1.807, 2.05) is 0 Å². The summed E-state index contributed by atoms with van der Waals surface area (Å²) >= 11 is 12.3. The van der Waals surface area contributed by atoms with E-state index in [0.29, 0.717) is 0 Å². The van der Waals surface area contributed by atoms with Gasteiger partial charge in [-0.3, -0.25) is 14.5 Å². The summed E-state index contributed by atoms with van der Waals surface area (Å²) in [6, 6.07) is 5.13. The molecule has 2 aromatic rings. The highest BCUT2D eigenvalue weighted by Crippen LogP contribution is 2.58. The molecule has 0 aliphatic carbocycles. The van der Waals surface area contributed by atoms with E-state index in [2.05, 4.69) is 6.07 Å². The Labute approximate surface area is 264 Å². The maximum atomic E-state index is 16.1. The van der Waals surface area contributed by atoms with E-state index < -0.39 is 70.3 Å². The topological polar surface area (TPSA) is 146 Å². The van der Waals surface area contributed by atoms with Crippen molar-refractivity contribution < 1.29 is 38.1 Å². The lowest BCUT2D eigenvalue weighted by molar-refractivity contribution is -0.159. The summed E-state index contributed by atoms with van der Waals surface area (Å²) in [6.07, 6.45) is -0.943. The molecule has 2 aliphatic rings. The Kier molecular flexibility index (Phi) is 9.67. The number of primary amides is 1. The van der Waals surface area contributed by atoms with Crippen molar-refractivity contribution in [3.05, 3.63) is 69.2 Å². The van der Waals surface area contributed by atoms with Crippen LogP contribution in [-0.2, 0) is 24.5 Å². The number of nitriles is 1. The predicted octanol–water partition coefficient (Wildman–Crippen LogP) is 4.76. The standard InChI is InChI=1S/C31H35Cl2F2N3O6/c1-29(2,10-11-39)13-22-31(15-36,18-9-8-16(32)12-20(18)34)23(17-6-5-7-19(33)24(17)35)26(28(41)42)38(22)25(27(37)40)21-14-43-30(3,4)44-21/h5-9,12,21-23,25-26,39H,10-11,13-14H2,1-4H3,(H2,37,40)(H,41,42)/t21-,22+,23+,25?,26-,31+/m1/s1. The highest BCUT2D eigenvalue weighted by Gasteiger charge is 2.68. The molecule has 238 valence electrons. The van der Waals surface area contributed by atoms with Crippen molar-refractivity contribution in [2.45, 2.75) is 81.9 Å². The van der Waals surface area contributed by atoms with E-state index in [9.17, 15) is 25.1 Å². The molecular formula is C31H35Cl2F2N3O6. The average molecular weight is 655 g/mol. The first kappa shape index (κ1) is 34.0. The van der Waals surface area contributed by atoms with Gasteiger partial charge in [-0.05, 0) is 55.9 Å². The van der Waals surface area contributed by atoms with Crippen molar-refractivity contribution in [1.29, 1.82) is 5.26 Å². The number of hydrogen-bond donors (Lipinski definition) is 3. The van der Waals surface area contributed by atoms with Gasteiger partial charge in [0.25, 0.3) is 0 Å². The van der Waals surface area contributed by atoms with Gasteiger partial charge in [-0.25, -0.2) is 8.78 Å². The van der Waals surface area contributed by atoms with Gasteiger partial charge in [-0.2, -0.15) is 5.26 Å². The van der Waals surface area contributed by atoms with E-state index in [1.165, 1.54) is 35.2 Å². The summed E-state index contributed by atoms with van der Waals surface area (Å²) in [5, 5.41) is 31.6. The molecule has 2 aromatic carbocycles. The predicted molar refractivity (Wildman–Crippen MR) is 158 cm³/mol. The van der Waals surface area contributed by atoms with Crippen molar-refractivity contribution >= 4 is 35.1 Å². The van der Waals surface area contributed by atoms with Crippen molar-refractivity contribution in [2.24, 2.45) is 11.1 Å². The van der Waals surface area contributed by atoms with Gasteiger partial charge < -0.3 is 25.4 Å². The van der Waals surface area contributed by atoms with Crippen LogP contribution >= 0.6 is 23.2 Å². The van der Waals surface area contributed by atoms with Crippen LogP contribution < -0.4 is 5.73 Å². The summed E-state index contributed by atoms with van der Waals surface area (Å²) < 4.78 is 43.8. The maximum absolute atomic E-state index is 16.1. The lowest BCUT2D eigenvalue weighted by Crippen LogP contribution is -2.60. The maximum Gasteiger partial charge on any atom is 0.321 e. The molecule has 4 N–H and O–H groups in total. The number of halogens is 4. The number of amides is 1. The number of aliphatic hydroxyl groups excluding tert-OH is 1. The van der Waals surface area contributed by atoms with Crippen LogP contribution in [0.2, 0.25) is 10.0 Å².